The quantitative estimate of drug-likeness (QED) is 0.629. The molecule has 0 saturated carbocycles. The molecule has 1 aromatic rings. The standard InChI is InChI=1S/C13H16BrNO2/c14-12(10-15-6-8-17-9-7-15)13(16)11-4-2-1-3-5-11/h1-5,12H,6-10H2/t12-/m1/s1. The minimum Gasteiger partial charge on any atom is -0.379 e. The molecule has 0 bridgehead atoms. The van der Waals surface area contributed by atoms with Crippen LogP contribution < -0.4 is 0 Å². The summed E-state index contributed by atoms with van der Waals surface area (Å²) in [6.07, 6.45) is 0. The number of nitrogens with zero attached hydrogens (tertiary/aromatic N) is 1. The molecule has 0 N–H and O–H groups in total. The third kappa shape index (κ3) is 3.63. The van der Waals surface area contributed by atoms with Crippen molar-refractivity contribution >= 4 is 21.7 Å². The fourth-order valence-electron chi connectivity index (χ4n) is 1.88. The molecule has 1 atom stereocenters. The SMILES string of the molecule is O=C(c1ccccc1)[C@H](Br)CN1CCOCC1. The maximum atomic E-state index is 12.1. The number of carbonyl (C=O) groups excluding carboxylic acids is 1. The highest BCUT2D eigenvalue weighted by Gasteiger charge is 2.21. The molecule has 0 unspecified atom stereocenters. The highest BCUT2D eigenvalue weighted by molar-refractivity contribution is 9.10. The lowest BCUT2D eigenvalue weighted by molar-refractivity contribution is 0.0379. The van der Waals surface area contributed by atoms with Crippen LogP contribution in [0.5, 0.6) is 0 Å². The van der Waals surface area contributed by atoms with Crippen LogP contribution in [-0.2, 0) is 4.74 Å². The summed E-state index contributed by atoms with van der Waals surface area (Å²) in [6.45, 7) is 4.09. The molecule has 92 valence electrons. The summed E-state index contributed by atoms with van der Waals surface area (Å²) >= 11 is 3.48. The Labute approximate surface area is 110 Å². The van der Waals surface area contributed by atoms with Crippen LogP contribution in [0, 0.1) is 0 Å². The first-order valence-corrected chi connectivity index (χ1v) is 6.72. The molecule has 1 saturated heterocycles. The summed E-state index contributed by atoms with van der Waals surface area (Å²) in [5.41, 5.74) is 0.766. The molecule has 2 rings (SSSR count). The van der Waals surface area contributed by atoms with Gasteiger partial charge >= 0.3 is 0 Å². The molecule has 1 aliphatic heterocycles. The van der Waals surface area contributed by atoms with Gasteiger partial charge in [-0.05, 0) is 0 Å². The van der Waals surface area contributed by atoms with Crippen LogP contribution in [0.4, 0.5) is 0 Å². The third-order valence-corrected chi connectivity index (χ3v) is 3.57. The normalized spacial score (nSPS) is 18.9. The second-order valence-electron chi connectivity index (χ2n) is 4.11. The van der Waals surface area contributed by atoms with E-state index in [1.807, 2.05) is 30.3 Å². The highest BCUT2D eigenvalue weighted by atomic mass is 79.9. The van der Waals surface area contributed by atoms with E-state index in [0.29, 0.717) is 0 Å². The zero-order valence-electron chi connectivity index (χ0n) is 9.64. The summed E-state index contributed by atoms with van der Waals surface area (Å²) in [5.74, 6) is 0.150. The van der Waals surface area contributed by atoms with Crippen LogP contribution in [0.2, 0.25) is 0 Å². The van der Waals surface area contributed by atoms with E-state index < -0.39 is 0 Å². The van der Waals surface area contributed by atoms with E-state index in [9.17, 15) is 4.79 Å². The van der Waals surface area contributed by atoms with Gasteiger partial charge in [0.15, 0.2) is 5.78 Å². The van der Waals surface area contributed by atoms with Crippen molar-refractivity contribution < 1.29 is 9.53 Å². The Bertz CT molecular complexity index is 363. The van der Waals surface area contributed by atoms with Gasteiger partial charge in [0, 0.05) is 25.2 Å². The van der Waals surface area contributed by atoms with E-state index in [-0.39, 0.29) is 10.6 Å². The molecule has 0 aliphatic carbocycles. The van der Waals surface area contributed by atoms with Gasteiger partial charge in [0.2, 0.25) is 0 Å². The predicted octanol–water partition coefficient (Wildman–Crippen LogP) is 1.97. The molecule has 1 aliphatic rings. The van der Waals surface area contributed by atoms with E-state index in [1.165, 1.54) is 0 Å². The predicted molar refractivity (Wildman–Crippen MR) is 70.7 cm³/mol. The van der Waals surface area contributed by atoms with Gasteiger partial charge in [-0.3, -0.25) is 9.69 Å². The van der Waals surface area contributed by atoms with Gasteiger partial charge in [-0.25, -0.2) is 0 Å². The summed E-state index contributed by atoms with van der Waals surface area (Å²) in [4.78, 5) is 14.2. The monoisotopic (exact) mass is 297 g/mol. The van der Waals surface area contributed by atoms with Crippen molar-refractivity contribution in [1.82, 2.24) is 4.90 Å². The third-order valence-electron chi connectivity index (χ3n) is 2.86. The van der Waals surface area contributed by atoms with E-state index in [0.717, 1.165) is 38.4 Å². The van der Waals surface area contributed by atoms with Crippen LogP contribution in [0.1, 0.15) is 10.4 Å². The Hall–Kier alpha value is -0.710. The van der Waals surface area contributed by atoms with Crippen LogP contribution in [0.15, 0.2) is 30.3 Å². The second-order valence-corrected chi connectivity index (χ2v) is 5.22. The van der Waals surface area contributed by atoms with E-state index in [1.54, 1.807) is 0 Å². The Kier molecular flexibility index (Phi) is 4.71. The Morgan fingerprint density at radius 1 is 1.29 bits per heavy atom. The molecule has 1 heterocycles. The number of morpholine rings is 1. The molecule has 4 heteroatoms. The molecule has 17 heavy (non-hydrogen) atoms. The van der Waals surface area contributed by atoms with Crippen LogP contribution in [0.3, 0.4) is 0 Å². The van der Waals surface area contributed by atoms with Crippen molar-refractivity contribution in [2.24, 2.45) is 0 Å². The van der Waals surface area contributed by atoms with Crippen molar-refractivity contribution in [1.29, 1.82) is 0 Å². The Morgan fingerprint density at radius 3 is 2.59 bits per heavy atom. The highest BCUT2D eigenvalue weighted by Crippen LogP contribution is 2.12. The maximum Gasteiger partial charge on any atom is 0.177 e. The Morgan fingerprint density at radius 2 is 1.94 bits per heavy atom. The summed E-state index contributed by atoms with van der Waals surface area (Å²) in [6, 6.07) is 9.41. The van der Waals surface area contributed by atoms with Gasteiger partial charge in [-0.15, -0.1) is 0 Å². The molecular weight excluding hydrogens is 282 g/mol. The molecular formula is C13H16BrNO2. The number of Topliss-reactive ketones (excluding diaryl/α,β-unsaturated/α-hetero) is 1. The van der Waals surface area contributed by atoms with Crippen molar-refractivity contribution in [2.45, 2.75) is 4.83 Å². The zero-order valence-corrected chi connectivity index (χ0v) is 11.2. The van der Waals surface area contributed by atoms with Crippen molar-refractivity contribution in [3.8, 4) is 0 Å². The van der Waals surface area contributed by atoms with Crippen LogP contribution in [-0.4, -0.2) is 48.4 Å². The van der Waals surface area contributed by atoms with Crippen molar-refractivity contribution in [3.05, 3.63) is 35.9 Å². The summed E-state index contributed by atoms with van der Waals surface area (Å²) < 4.78 is 5.28. The summed E-state index contributed by atoms with van der Waals surface area (Å²) in [5, 5.41) is 0. The Balaban J connectivity index is 1.91. The van der Waals surface area contributed by atoms with Gasteiger partial charge in [0.05, 0.1) is 18.0 Å². The molecule has 0 spiro atoms. The first-order chi connectivity index (χ1) is 8.27. The number of alkyl halides is 1. The van der Waals surface area contributed by atoms with Gasteiger partial charge < -0.3 is 4.74 Å². The molecule has 0 aromatic heterocycles. The minimum atomic E-state index is -0.136. The second kappa shape index (κ2) is 6.28. The lowest BCUT2D eigenvalue weighted by atomic mass is 10.1. The van der Waals surface area contributed by atoms with Gasteiger partial charge in [0.25, 0.3) is 0 Å². The van der Waals surface area contributed by atoms with Gasteiger partial charge in [-0.1, -0.05) is 46.3 Å². The molecule has 3 nitrogen and oxygen atoms in total. The molecule has 1 fully saturated rings. The number of ether oxygens (including phenoxy) is 1. The number of carbonyl (C=O) groups is 1. The lowest BCUT2D eigenvalue weighted by Gasteiger charge is -2.28. The lowest BCUT2D eigenvalue weighted by Crippen LogP contribution is -2.41. The minimum absolute atomic E-state index is 0.136. The maximum absolute atomic E-state index is 12.1. The topological polar surface area (TPSA) is 29.5 Å². The van der Waals surface area contributed by atoms with Gasteiger partial charge in [-0.2, -0.15) is 0 Å². The van der Waals surface area contributed by atoms with Crippen LogP contribution in [0.25, 0.3) is 0 Å². The largest absolute Gasteiger partial charge is 0.379 e. The van der Waals surface area contributed by atoms with Crippen molar-refractivity contribution in [3.63, 3.8) is 0 Å². The number of hydrogen-bond acceptors (Lipinski definition) is 3. The van der Waals surface area contributed by atoms with Crippen molar-refractivity contribution in [2.75, 3.05) is 32.8 Å². The average molecular weight is 298 g/mol. The number of ketones is 1. The van der Waals surface area contributed by atoms with E-state index in [2.05, 4.69) is 20.8 Å². The first kappa shape index (κ1) is 12.7. The van der Waals surface area contributed by atoms with Gasteiger partial charge in [0.1, 0.15) is 0 Å². The van der Waals surface area contributed by atoms with Crippen LogP contribution >= 0.6 is 15.9 Å². The molecule has 0 radical (unpaired) electrons. The summed E-state index contributed by atoms with van der Waals surface area (Å²) in [7, 11) is 0. The fourth-order valence-corrected chi connectivity index (χ4v) is 2.55. The van der Waals surface area contributed by atoms with E-state index >= 15 is 0 Å². The fraction of sp³-hybridized carbons (Fsp3) is 0.462. The number of rotatable bonds is 4. The smallest absolute Gasteiger partial charge is 0.177 e. The number of hydrogen-bond donors (Lipinski definition) is 0. The molecule has 1 aromatic carbocycles. The number of benzene rings is 1. The van der Waals surface area contributed by atoms with E-state index in [4.69, 9.17) is 4.74 Å². The molecule has 0 amide bonds. The number of halogens is 1. The average Bonchev–Trinajstić information content (AvgIpc) is 2.40. The first-order valence-electron chi connectivity index (χ1n) is 5.81. The zero-order chi connectivity index (χ0) is 12.1.